The minimum atomic E-state index is 0.0205. The molecule has 1 heterocycles. The molecule has 6 aromatic carbocycles. The second-order valence-corrected chi connectivity index (χ2v) is 17.9. The number of carbonyl (C=O) groups excluding carboxylic acids is 1. The van der Waals surface area contributed by atoms with Gasteiger partial charge in [0.05, 0.1) is 38.3 Å². The van der Waals surface area contributed by atoms with Crippen molar-refractivity contribution in [1.29, 1.82) is 0 Å². The molecular weight excluding hydrogens is 993 g/mol. The number of hydrogen-bond acceptors (Lipinski definition) is 7. The van der Waals surface area contributed by atoms with E-state index >= 15 is 0 Å². The van der Waals surface area contributed by atoms with Gasteiger partial charge in [-0.05, 0) is 170 Å². The molecule has 0 bridgehead atoms. The number of aryl methyl sites for hydroxylation is 2. The molecule has 0 saturated carbocycles. The van der Waals surface area contributed by atoms with E-state index in [1.807, 2.05) is 97.6 Å². The lowest BCUT2D eigenvalue weighted by Crippen LogP contribution is -2.27. The fourth-order valence-corrected chi connectivity index (χ4v) is 9.01. The molecule has 0 spiro atoms. The van der Waals surface area contributed by atoms with Crippen molar-refractivity contribution in [2.45, 2.75) is 65.2 Å². The summed E-state index contributed by atoms with van der Waals surface area (Å²) in [5.41, 5.74) is 8.57. The Labute approximate surface area is 382 Å². The van der Waals surface area contributed by atoms with Crippen LogP contribution in [0.2, 0.25) is 0 Å². The summed E-state index contributed by atoms with van der Waals surface area (Å²) in [6, 6.07) is 35.8. The highest BCUT2D eigenvalue weighted by Crippen LogP contribution is 2.41. The zero-order valence-electron chi connectivity index (χ0n) is 33.7. The van der Waals surface area contributed by atoms with Gasteiger partial charge in [0.1, 0.15) is 17.2 Å². The molecule has 0 unspecified atom stereocenters. The molecule has 0 atom stereocenters. The topological polar surface area (TPSA) is 99.2 Å². The highest BCUT2D eigenvalue weighted by Gasteiger charge is 2.32. The summed E-state index contributed by atoms with van der Waals surface area (Å²) in [4.78, 5) is 15.6. The van der Waals surface area contributed by atoms with Crippen molar-refractivity contribution >= 4 is 111 Å². The molecule has 0 radical (unpaired) electrons. The number of hydrogen-bond donors (Lipinski definition) is 1. The predicted octanol–water partition coefficient (Wildman–Crippen LogP) is 16.2. The maximum Gasteiger partial charge on any atom is 0.258 e. The number of halogens is 3. The van der Waals surface area contributed by atoms with Crippen LogP contribution in [-0.2, 0) is 4.79 Å². The number of aromatic hydroxyl groups is 1. The van der Waals surface area contributed by atoms with E-state index in [2.05, 4.69) is 106 Å². The lowest BCUT2D eigenvalue weighted by atomic mass is 10.0. The minimum Gasteiger partial charge on any atom is -0.506 e. The van der Waals surface area contributed by atoms with E-state index in [4.69, 9.17) is 9.85 Å². The highest BCUT2D eigenvalue weighted by molar-refractivity contribution is 14.1. The van der Waals surface area contributed by atoms with Crippen LogP contribution >= 0.6 is 54.5 Å². The van der Waals surface area contributed by atoms with Crippen molar-refractivity contribution in [3.8, 4) is 11.5 Å². The Hall–Kier alpha value is -4.72. The van der Waals surface area contributed by atoms with Crippen LogP contribution in [0.5, 0.6) is 11.5 Å². The largest absolute Gasteiger partial charge is 0.506 e. The smallest absolute Gasteiger partial charge is 0.258 e. The highest BCUT2D eigenvalue weighted by atomic mass is 127. The summed E-state index contributed by atoms with van der Waals surface area (Å²) < 4.78 is 8.57. The number of azo groups is 2. The molecule has 306 valence electrons. The number of phenolic OH excluding ortho intramolecular Hbond substituents is 1. The van der Waals surface area contributed by atoms with Gasteiger partial charge in [-0.2, -0.15) is 15.3 Å². The van der Waals surface area contributed by atoms with Crippen molar-refractivity contribution in [2.24, 2.45) is 20.5 Å². The molecule has 1 aliphatic heterocycles. The summed E-state index contributed by atoms with van der Waals surface area (Å²) in [5, 5.41) is 30.5. The van der Waals surface area contributed by atoms with Crippen LogP contribution in [0.25, 0.3) is 22.4 Å². The molecule has 0 fully saturated rings. The van der Waals surface area contributed by atoms with Crippen LogP contribution in [0, 0.1) is 17.4 Å². The number of benzene rings is 6. The minimum absolute atomic E-state index is 0.0205. The first-order chi connectivity index (χ1) is 29.2. The van der Waals surface area contributed by atoms with Gasteiger partial charge in [-0.15, -0.1) is 5.11 Å². The van der Waals surface area contributed by atoms with Gasteiger partial charge in [-0.25, -0.2) is 0 Å². The van der Waals surface area contributed by atoms with Crippen molar-refractivity contribution < 1.29 is 14.6 Å². The van der Waals surface area contributed by atoms with Crippen LogP contribution in [-0.4, -0.2) is 24.2 Å². The fraction of sp³-hybridized carbons (Fsp3) is 0.245. The number of anilines is 1. The van der Waals surface area contributed by atoms with Crippen LogP contribution < -0.4 is 9.64 Å². The third kappa shape index (κ3) is 10.8. The number of carbonyl (C=O) groups is 1. The molecular formula is C49H46Br2IN5O3. The lowest BCUT2D eigenvalue weighted by molar-refractivity contribution is -0.113. The lowest BCUT2D eigenvalue weighted by Gasteiger charge is -2.17. The average molecular weight is 1040 g/mol. The fourth-order valence-electron chi connectivity index (χ4n) is 7.30. The van der Waals surface area contributed by atoms with Crippen molar-refractivity contribution in [2.75, 3.05) is 18.1 Å². The van der Waals surface area contributed by atoms with Gasteiger partial charge in [0.25, 0.3) is 5.91 Å². The Kier molecular flexibility index (Phi) is 15.0. The maximum atomic E-state index is 13.7. The Morgan fingerprint density at radius 2 is 1.38 bits per heavy atom. The van der Waals surface area contributed by atoms with E-state index in [0.29, 0.717) is 27.7 Å². The van der Waals surface area contributed by atoms with Crippen LogP contribution in [0.15, 0.2) is 139 Å². The van der Waals surface area contributed by atoms with E-state index in [1.165, 1.54) is 12.8 Å². The molecule has 11 heteroatoms. The molecule has 6 aromatic rings. The van der Waals surface area contributed by atoms with Gasteiger partial charge in [-0.1, -0.05) is 87.1 Å². The van der Waals surface area contributed by atoms with Crippen LogP contribution in [0.3, 0.4) is 0 Å². The molecule has 0 saturated heterocycles. The van der Waals surface area contributed by atoms with E-state index in [0.717, 1.165) is 109 Å². The van der Waals surface area contributed by atoms with Crippen LogP contribution in [0.1, 0.15) is 73.6 Å². The third-order valence-corrected chi connectivity index (χ3v) is 12.5. The Bertz CT molecular complexity index is 2590. The SMILES string of the molecule is Cc1ccccc1N=Nc1ccc(N=Nc2c(OCCCCCCCCCCN3C(=O)/C(=C/c4cc(Br)c(O)c(Br)c4)c4cc(I)ccc43)ccc3ccccc23)c(C)c1. The summed E-state index contributed by atoms with van der Waals surface area (Å²) >= 11 is 9.12. The second kappa shape index (κ2) is 20.7. The molecule has 60 heavy (non-hydrogen) atoms. The molecule has 1 N–H and O–H groups in total. The quantitative estimate of drug-likeness (QED) is 0.0426. The number of phenols is 1. The number of ether oxygens (including phenoxy) is 1. The zero-order valence-corrected chi connectivity index (χ0v) is 39.0. The van der Waals surface area contributed by atoms with Gasteiger partial charge in [0, 0.05) is 26.6 Å². The molecule has 1 aliphatic rings. The third-order valence-electron chi connectivity index (χ3n) is 10.6. The second-order valence-electron chi connectivity index (χ2n) is 15.0. The molecule has 7 rings (SSSR count). The van der Waals surface area contributed by atoms with E-state index in [1.54, 1.807) is 0 Å². The normalized spacial score (nSPS) is 13.4. The van der Waals surface area contributed by atoms with Gasteiger partial charge in [-0.3, -0.25) is 4.79 Å². The Morgan fingerprint density at radius 1 is 0.700 bits per heavy atom. The number of nitrogens with zero attached hydrogens (tertiary/aromatic N) is 5. The predicted molar refractivity (Wildman–Crippen MR) is 260 cm³/mol. The molecule has 1 amide bonds. The first kappa shape index (κ1) is 43.4. The first-order valence-electron chi connectivity index (χ1n) is 20.3. The first-order valence-corrected chi connectivity index (χ1v) is 23.0. The number of amides is 1. The average Bonchev–Trinajstić information content (AvgIpc) is 3.49. The standard InChI is InChI=1S/C49H46Br2IN5O3/c1-32-15-9-12-18-43(32)54-53-37-21-22-44(33(2)27-37)55-56-47-38-17-11-10-16-35(38)19-24-46(47)60-26-14-8-6-4-3-5-7-13-25-57-45-23-20-36(52)31-39(45)40(49(57)59)28-34-29-41(50)48(58)42(51)30-34/h9-12,15-24,27-31,58H,3-8,13-14,25-26H2,1-2H3/b40-28+,54-53?,56-55?. The summed E-state index contributed by atoms with van der Waals surface area (Å²) in [6.45, 7) is 5.33. The van der Waals surface area contributed by atoms with Crippen molar-refractivity contribution in [3.05, 3.63) is 144 Å². The zero-order chi connectivity index (χ0) is 42.0. The number of rotatable bonds is 17. The number of unbranched alkanes of at least 4 members (excludes halogenated alkanes) is 7. The monoisotopic (exact) mass is 1040 g/mol. The van der Waals surface area contributed by atoms with E-state index < -0.39 is 0 Å². The van der Waals surface area contributed by atoms with Crippen molar-refractivity contribution in [1.82, 2.24) is 0 Å². The van der Waals surface area contributed by atoms with Crippen molar-refractivity contribution in [3.63, 3.8) is 0 Å². The molecule has 0 aliphatic carbocycles. The Balaban J connectivity index is 0.861. The molecule has 0 aromatic heterocycles. The van der Waals surface area contributed by atoms with Gasteiger partial charge >= 0.3 is 0 Å². The summed E-state index contributed by atoms with van der Waals surface area (Å²) in [6.07, 6.45) is 10.6. The van der Waals surface area contributed by atoms with Gasteiger partial charge in [0.15, 0.2) is 0 Å². The van der Waals surface area contributed by atoms with E-state index in [9.17, 15) is 9.90 Å². The molecule has 8 nitrogen and oxygen atoms in total. The maximum absolute atomic E-state index is 13.7. The summed E-state index contributed by atoms with van der Waals surface area (Å²) in [5.74, 6) is 0.893. The van der Waals surface area contributed by atoms with E-state index in [-0.39, 0.29) is 11.7 Å². The summed E-state index contributed by atoms with van der Waals surface area (Å²) in [7, 11) is 0. The van der Waals surface area contributed by atoms with Gasteiger partial charge < -0.3 is 14.7 Å². The van der Waals surface area contributed by atoms with Gasteiger partial charge in [0.2, 0.25) is 0 Å². The number of fused-ring (bicyclic) bond motifs is 2. The Morgan fingerprint density at radius 3 is 2.15 bits per heavy atom. The van der Waals surface area contributed by atoms with Crippen LogP contribution in [0.4, 0.5) is 28.4 Å².